The van der Waals surface area contributed by atoms with E-state index in [9.17, 15) is 0 Å². The van der Waals surface area contributed by atoms with Crippen LogP contribution in [0.25, 0.3) is 0 Å². The molecule has 1 fully saturated rings. The molecule has 3 heterocycles. The Morgan fingerprint density at radius 2 is 1.92 bits per heavy atom. The first-order chi connectivity index (χ1) is 12.2. The Kier molecular flexibility index (Phi) is 4.30. The molecule has 2 aromatic rings. The van der Waals surface area contributed by atoms with Crippen molar-refractivity contribution in [3.8, 4) is 0 Å². The highest BCUT2D eigenvalue weighted by atomic mass is 15.3. The lowest BCUT2D eigenvalue weighted by molar-refractivity contribution is 0.166. The predicted molar refractivity (Wildman–Crippen MR) is 102 cm³/mol. The van der Waals surface area contributed by atoms with Crippen LogP contribution in [0.2, 0.25) is 0 Å². The SMILES string of the molecule is C=CCN1Cc2ccccc2C2(CCN(c3ccc(C)nn3)CC2)C1. The van der Waals surface area contributed by atoms with Crippen molar-refractivity contribution < 1.29 is 0 Å². The number of hydrogen-bond acceptors (Lipinski definition) is 4. The second kappa shape index (κ2) is 6.60. The minimum Gasteiger partial charge on any atom is -0.355 e. The maximum Gasteiger partial charge on any atom is 0.151 e. The molecule has 4 rings (SSSR count). The number of nitrogens with zero attached hydrogens (tertiary/aromatic N) is 4. The average Bonchev–Trinajstić information content (AvgIpc) is 2.64. The Morgan fingerprint density at radius 3 is 2.64 bits per heavy atom. The van der Waals surface area contributed by atoms with Gasteiger partial charge >= 0.3 is 0 Å². The summed E-state index contributed by atoms with van der Waals surface area (Å²) in [5.74, 6) is 1.01. The lowest BCUT2D eigenvalue weighted by Gasteiger charge is -2.48. The topological polar surface area (TPSA) is 32.3 Å². The number of aromatic nitrogens is 2. The summed E-state index contributed by atoms with van der Waals surface area (Å²) in [7, 11) is 0. The molecule has 1 spiro atoms. The van der Waals surface area contributed by atoms with Crippen LogP contribution in [0.15, 0.2) is 49.1 Å². The summed E-state index contributed by atoms with van der Waals surface area (Å²) >= 11 is 0. The van der Waals surface area contributed by atoms with Crippen LogP contribution in [0.1, 0.15) is 29.7 Å². The molecule has 1 saturated heterocycles. The molecule has 0 amide bonds. The zero-order valence-corrected chi connectivity index (χ0v) is 15.0. The van der Waals surface area contributed by atoms with Crippen LogP contribution >= 0.6 is 0 Å². The van der Waals surface area contributed by atoms with Crippen molar-refractivity contribution in [2.45, 2.75) is 31.7 Å². The summed E-state index contributed by atoms with van der Waals surface area (Å²) in [6, 6.07) is 13.2. The first-order valence-electron chi connectivity index (χ1n) is 9.17. The second-order valence-electron chi connectivity index (χ2n) is 7.42. The molecule has 0 N–H and O–H groups in total. The van der Waals surface area contributed by atoms with Crippen LogP contribution in [-0.2, 0) is 12.0 Å². The molecule has 0 unspecified atom stereocenters. The van der Waals surface area contributed by atoms with Crippen molar-refractivity contribution in [2.24, 2.45) is 0 Å². The van der Waals surface area contributed by atoms with E-state index in [1.807, 2.05) is 13.0 Å². The van der Waals surface area contributed by atoms with E-state index >= 15 is 0 Å². The summed E-state index contributed by atoms with van der Waals surface area (Å²) < 4.78 is 0. The standard InChI is InChI=1S/C21H26N4/c1-3-12-24-15-18-6-4-5-7-19(18)21(16-24)10-13-25(14-11-21)20-9-8-17(2)22-23-20/h3-9H,1,10-16H2,2H3. The fourth-order valence-electron chi connectivity index (χ4n) is 4.45. The molecule has 0 aliphatic carbocycles. The molecule has 0 saturated carbocycles. The van der Waals surface area contributed by atoms with E-state index in [1.54, 1.807) is 5.56 Å². The van der Waals surface area contributed by atoms with Crippen molar-refractivity contribution in [1.29, 1.82) is 0 Å². The van der Waals surface area contributed by atoms with E-state index in [-0.39, 0.29) is 5.41 Å². The summed E-state index contributed by atoms with van der Waals surface area (Å²) in [4.78, 5) is 4.92. The molecule has 1 aromatic carbocycles. The summed E-state index contributed by atoms with van der Waals surface area (Å²) in [6.07, 6.45) is 4.35. The van der Waals surface area contributed by atoms with Crippen molar-refractivity contribution in [2.75, 3.05) is 31.1 Å². The van der Waals surface area contributed by atoms with Gasteiger partial charge in [0.05, 0.1) is 5.69 Å². The first kappa shape index (κ1) is 16.3. The third kappa shape index (κ3) is 3.07. The predicted octanol–water partition coefficient (Wildman–Crippen LogP) is 3.32. The van der Waals surface area contributed by atoms with E-state index in [2.05, 4.69) is 63.0 Å². The molecule has 4 nitrogen and oxygen atoms in total. The largest absolute Gasteiger partial charge is 0.355 e. The van der Waals surface area contributed by atoms with Gasteiger partial charge in [0, 0.05) is 38.1 Å². The third-order valence-corrected chi connectivity index (χ3v) is 5.72. The Balaban J connectivity index is 1.58. The quantitative estimate of drug-likeness (QED) is 0.806. The maximum atomic E-state index is 4.38. The number of aryl methyl sites for hydroxylation is 1. The highest BCUT2D eigenvalue weighted by Gasteiger charge is 2.41. The molecule has 0 bridgehead atoms. The van der Waals surface area contributed by atoms with E-state index < -0.39 is 0 Å². The van der Waals surface area contributed by atoms with E-state index in [0.717, 1.165) is 57.1 Å². The number of piperidine rings is 1. The van der Waals surface area contributed by atoms with Crippen molar-refractivity contribution >= 4 is 5.82 Å². The van der Waals surface area contributed by atoms with Gasteiger partial charge in [-0.25, -0.2) is 0 Å². The van der Waals surface area contributed by atoms with E-state index in [0.29, 0.717) is 0 Å². The van der Waals surface area contributed by atoms with Gasteiger partial charge in [-0.15, -0.1) is 11.7 Å². The summed E-state index contributed by atoms with van der Waals surface area (Å²) in [5, 5.41) is 8.60. The van der Waals surface area contributed by atoms with Gasteiger partial charge in [0.15, 0.2) is 5.82 Å². The van der Waals surface area contributed by atoms with Crippen LogP contribution in [-0.4, -0.2) is 41.3 Å². The summed E-state index contributed by atoms with van der Waals surface area (Å²) in [6.45, 7) is 11.1. The molecule has 0 radical (unpaired) electrons. The Bertz CT molecular complexity index is 745. The normalized spacial score (nSPS) is 19.6. The zero-order valence-electron chi connectivity index (χ0n) is 15.0. The maximum absolute atomic E-state index is 4.38. The van der Waals surface area contributed by atoms with Crippen LogP contribution in [0.3, 0.4) is 0 Å². The Labute approximate surface area is 150 Å². The van der Waals surface area contributed by atoms with Crippen molar-refractivity contribution in [3.05, 3.63) is 65.9 Å². The fourth-order valence-corrected chi connectivity index (χ4v) is 4.45. The first-order valence-corrected chi connectivity index (χ1v) is 9.17. The number of benzene rings is 1. The number of hydrogen-bond donors (Lipinski definition) is 0. The molecular formula is C21H26N4. The highest BCUT2D eigenvalue weighted by molar-refractivity contribution is 5.42. The van der Waals surface area contributed by atoms with E-state index in [4.69, 9.17) is 0 Å². The average molecular weight is 334 g/mol. The lowest BCUT2D eigenvalue weighted by atomic mass is 9.69. The molecule has 2 aliphatic rings. The minimum absolute atomic E-state index is 0.256. The van der Waals surface area contributed by atoms with E-state index in [1.165, 1.54) is 5.56 Å². The van der Waals surface area contributed by atoms with Gasteiger partial charge in [0.1, 0.15) is 0 Å². The molecule has 1 aromatic heterocycles. The Morgan fingerprint density at radius 1 is 1.12 bits per heavy atom. The van der Waals surface area contributed by atoms with Crippen molar-refractivity contribution in [3.63, 3.8) is 0 Å². The molecule has 130 valence electrons. The summed E-state index contributed by atoms with van der Waals surface area (Å²) in [5.41, 5.74) is 4.27. The lowest BCUT2D eigenvalue weighted by Crippen LogP contribution is -2.52. The van der Waals surface area contributed by atoms with Gasteiger partial charge in [-0.3, -0.25) is 4.90 Å². The molecular weight excluding hydrogens is 308 g/mol. The third-order valence-electron chi connectivity index (χ3n) is 5.72. The number of rotatable bonds is 3. The number of fused-ring (bicyclic) bond motifs is 2. The van der Waals surface area contributed by atoms with Gasteiger partial charge in [-0.1, -0.05) is 30.3 Å². The van der Waals surface area contributed by atoms with Crippen LogP contribution in [0.4, 0.5) is 5.82 Å². The van der Waals surface area contributed by atoms with Gasteiger partial charge in [0.2, 0.25) is 0 Å². The number of anilines is 1. The fraction of sp³-hybridized carbons (Fsp3) is 0.429. The van der Waals surface area contributed by atoms with Crippen LogP contribution in [0, 0.1) is 6.92 Å². The smallest absolute Gasteiger partial charge is 0.151 e. The highest BCUT2D eigenvalue weighted by Crippen LogP contribution is 2.42. The van der Waals surface area contributed by atoms with Gasteiger partial charge < -0.3 is 4.90 Å². The molecule has 25 heavy (non-hydrogen) atoms. The van der Waals surface area contributed by atoms with Crippen LogP contribution in [0.5, 0.6) is 0 Å². The van der Waals surface area contributed by atoms with Gasteiger partial charge in [-0.2, -0.15) is 5.10 Å². The zero-order chi connectivity index (χ0) is 17.3. The van der Waals surface area contributed by atoms with Crippen LogP contribution < -0.4 is 4.90 Å². The van der Waals surface area contributed by atoms with Gasteiger partial charge in [-0.05, 0) is 43.0 Å². The molecule has 4 heteroatoms. The Hall–Kier alpha value is -2.20. The molecule has 2 aliphatic heterocycles. The van der Waals surface area contributed by atoms with Gasteiger partial charge in [0.25, 0.3) is 0 Å². The second-order valence-corrected chi connectivity index (χ2v) is 7.42. The molecule has 0 atom stereocenters. The minimum atomic E-state index is 0.256. The monoisotopic (exact) mass is 334 g/mol. The van der Waals surface area contributed by atoms with Crippen molar-refractivity contribution in [1.82, 2.24) is 15.1 Å².